The zero-order chi connectivity index (χ0) is 12.0. The quantitative estimate of drug-likeness (QED) is 0.621. The summed E-state index contributed by atoms with van der Waals surface area (Å²) in [5.41, 5.74) is 0.301. The summed E-state index contributed by atoms with van der Waals surface area (Å²) in [6.45, 7) is 1.98. The van der Waals surface area contributed by atoms with Gasteiger partial charge in [0.15, 0.2) is 0 Å². The van der Waals surface area contributed by atoms with Gasteiger partial charge >= 0.3 is 11.9 Å². The zero-order valence-corrected chi connectivity index (χ0v) is 9.49. The molecule has 6 heteroatoms. The van der Waals surface area contributed by atoms with Crippen LogP contribution in [0.2, 0.25) is 0 Å². The monoisotopic (exact) mass is 241 g/mol. The summed E-state index contributed by atoms with van der Waals surface area (Å²) < 4.78 is 4.84. The Morgan fingerprint density at radius 3 is 2.94 bits per heavy atom. The first-order valence-electron chi connectivity index (χ1n) is 4.62. The summed E-state index contributed by atoms with van der Waals surface area (Å²) in [7, 11) is 0. The highest BCUT2D eigenvalue weighted by molar-refractivity contribution is 7.99. The van der Waals surface area contributed by atoms with Gasteiger partial charge in [-0.1, -0.05) is 11.8 Å². The van der Waals surface area contributed by atoms with Crippen LogP contribution in [0.4, 0.5) is 0 Å². The SMILES string of the molecule is CCOC(=O)c1cccnc1SCC(=O)O. The van der Waals surface area contributed by atoms with Crippen molar-refractivity contribution in [2.24, 2.45) is 0 Å². The van der Waals surface area contributed by atoms with Crippen molar-refractivity contribution in [1.29, 1.82) is 0 Å². The van der Waals surface area contributed by atoms with Crippen LogP contribution in [0.15, 0.2) is 23.4 Å². The molecule has 0 bridgehead atoms. The van der Waals surface area contributed by atoms with Gasteiger partial charge < -0.3 is 9.84 Å². The summed E-state index contributed by atoms with van der Waals surface area (Å²) >= 11 is 0.998. The van der Waals surface area contributed by atoms with E-state index in [9.17, 15) is 9.59 Å². The molecule has 0 aliphatic heterocycles. The Kier molecular flexibility index (Phi) is 4.78. The molecule has 0 fully saturated rings. The molecule has 0 spiro atoms. The van der Waals surface area contributed by atoms with Gasteiger partial charge in [-0.2, -0.15) is 0 Å². The maximum atomic E-state index is 11.5. The van der Waals surface area contributed by atoms with Crippen LogP contribution in [0.3, 0.4) is 0 Å². The molecule has 16 heavy (non-hydrogen) atoms. The summed E-state index contributed by atoms with van der Waals surface area (Å²) in [6, 6.07) is 3.17. The summed E-state index contributed by atoms with van der Waals surface area (Å²) in [6.07, 6.45) is 1.51. The molecule has 0 aromatic carbocycles. The number of pyridine rings is 1. The Bertz CT molecular complexity index is 394. The third-order valence-electron chi connectivity index (χ3n) is 1.60. The third-order valence-corrected chi connectivity index (χ3v) is 2.59. The van der Waals surface area contributed by atoms with E-state index in [1.54, 1.807) is 19.1 Å². The van der Waals surface area contributed by atoms with Gasteiger partial charge in [-0.15, -0.1) is 0 Å². The van der Waals surface area contributed by atoms with E-state index in [0.717, 1.165) is 11.8 Å². The second kappa shape index (κ2) is 6.12. The van der Waals surface area contributed by atoms with Gasteiger partial charge in [-0.25, -0.2) is 9.78 Å². The molecule has 0 saturated heterocycles. The normalized spacial score (nSPS) is 9.81. The number of carbonyl (C=O) groups excluding carboxylic acids is 1. The second-order valence-corrected chi connectivity index (χ2v) is 3.72. The lowest BCUT2D eigenvalue weighted by molar-refractivity contribution is -0.133. The largest absolute Gasteiger partial charge is 0.481 e. The number of thioether (sulfide) groups is 1. The van der Waals surface area contributed by atoms with Crippen LogP contribution in [0, 0.1) is 0 Å². The van der Waals surface area contributed by atoms with E-state index in [2.05, 4.69) is 4.98 Å². The Morgan fingerprint density at radius 1 is 1.56 bits per heavy atom. The molecule has 5 nitrogen and oxygen atoms in total. The molecule has 0 radical (unpaired) electrons. The van der Waals surface area contributed by atoms with Gasteiger partial charge in [0.25, 0.3) is 0 Å². The number of hydrogen-bond acceptors (Lipinski definition) is 5. The number of ether oxygens (including phenoxy) is 1. The van der Waals surface area contributed by atoms with Crippen LogP contribution in [-0.2, 0) is 9.53 Å². The number of carboxylic acids is 1. The lowest BCUT2D eigenvalue weighted by Crippen LogP contribution is -2.08. The van der Waals surface area contributed by atoms with Crippen LogP contribution in [0.25, 0.3) is 0 Å². The fourth-order valence-electron chi connectivity index (χ4n) is 1.00. The van der Waals surface area contributed by atoms with E-state index in [-0.39, 0.29) is 12.4 Å². The van der Waals surface area contributed by atoms with Crippen LogP contribution in [0.5, 0.6) is 0 Å². The van der Waals surface area contributed by atoms with Crippen molar-refractivity contribution < 1.29 is 19.4 Å². The number of rotatable bonds is 5. The maximum Gasteiger partial charge on any atom is 0.340 e. The Balaban J connectivity index is 2.82. The molecule has 86 valence electrons. The lowest BCUT2D eigenvalue weighted by Gasteiger charge is -2.05. The number of nitrogens with zero attached hydrogens (tertiary/aromatic N) is 1. The Labute approximate surface area is 96.8 Å². The molecule has 1 rings (SSSR count). The molecule has 0 aliphatic carbocycles. The first kappa shape index (κ1) is 12.5. The van der Waals surface area contributed by atoms with Gasteiger partial charge in [0, 0.05) is 6.20 Å². The third kappa shape index (κ3) is 3.54. The molecular weight excluding hydrogens is 230 g/mol. The van der Waals surface area contributed by atoms with Crippen LogP contribution >= 0.6 is 11.8 Å². The standard InChI is InChI=1S/C10H11NO4S/c1-2-15-10(14)7-4-3-5-11-9(7)16-6-8(12)13/h3-5H,2,6H2,1H3,(H,12,13). The zero-order valence-electron chi connectivity index (χ0n) is 8.67. The van der Waals surface area contributed by atoms with Crippen molar-refractivity contribution in [2.75, 3.05) is 12.4 Å². The minimum Gasteiger partial charge on any atom is -0.481 e. The minimum absolute atomic E-state index is 0.135. The fraction of sp³-hybridized carbons (Fsp3) is 0.300. The van der Waals surface area contributed by atoms with Crippen molar-refractivity contribution in [1.82, 2.24) is 4.98 Å². The van der Waals surface area contributed by atoms with Crippen LogP contribution in [0.1, 0.15) is 17.3 Å². The van der Waals surface area contributed by atoms with E-state index < -0.39 is 11.9 Å². The van der Waals surface area contributed by atoms with Crippen molar-refractivity contribution in [3.63, 3.8) is 0 Å². The number of esters is 1. The van der Waals surface area contributed by atoms with E-state index in [1.807, 2.05) is 0 Å². The first-order chi connectivity index (χ1) is 7.65. The average Bonchev–Trinajstić information content (AvgIpc) is 2.27. The molecule has 1 aromatic rings. The highest BCUT2D eigenvalue weighted by atomic mass is 32.2. The van der Waals surface area contributed by atoms with Gasteiger partial charge in [0.05, 0.1) is 17.9 Å². The molecular formula is C10H11NO4S. The summed E-state index contributed by atoms with van der Waals surface area (Å²) in [5, 5.41) is 8.92. The average molecular weight is 241 g/mol. The van der Waals surface area contributed by atoms with Gasteiger partial charge in [-0.05, 0) is 19.1 Å². The van der Waals surface area contributed by atoms with Gasteiger partial charge in [0.2, 0.25) is 0 Å². The molecule has 0 aliphatic rings. The van der Waals surface area contributed by atoms with Crippen LogP contribution in [-0.4, -0.2) is 34.4 Å². The Hall–Kier alpha value is -1.56. The Morgan fingerprint density at radius 2 is 2.31 bits per heavy atom. The van der Waals surface area contributed by atoms with Gasteiger partial charge in [-0.3, -0.25) is 4.79 Å². The van der Waals surface area contributed by atoms with Crippen LogP contribution < -0.4 is 0 Å². The molecule has 0 unspecified atom stereocenters. The van der Waals surface area contributed by atoms with Gasteiger partial charge in [0.1, 0.15) is 5.03 Å². The van der Waals surface area contributed by atoms with Crippen molar-refractivity contribution >= 4 is 23.7 Å². The molecule has 1 aromatic heterocycles. The molecule has 0 amide bonds. The molecule has 0 saturated carbocycles. The number of carbonyl (C=O) groups is 2. The highest BCUT2D eigenvalue weighted by Gasteiger charge is 2.14. The lowest BCUT2D eigenvalue weighted by atomic mass is 10.3. The van der Waals surface area contributed by atoms with E-state index in [1.165, 1.54) is 6.20 Å². The predicted octanol–water partition coefficient (Wildman–Crippen LogP) is 1.44. The topological polar surface area (TPSA) is 76.5 Å². The van der Waals surface area contributed by atoms with Crippen molar-refractivity contribution in [3.8, 4) is 0 Å². The first-order valence-corrected chi connectivity index (χ1v) is 5.60. The number of aliphatic carboxylic acids is 1. The predicted molar refractivity (Wildman–Crippen MR) is 58.6 cm³/mol. The van der Waals surface area contributed by atoms with E-state index in [0.29, 0.717) is 10.6 Å². The molecule has 1 N–H and O–H groups in total. The number of aromatic nitrogens is 1. The van der Waals surface area contributed by atoms with Crippen molar-refractivity contribution in [2.45, 2.75) is 11.9 Å². The summed E-state index contributed by atoms with van der Waals surface area (Å²) in [5.74, 6) is -1.57. The summed E-state index contributed by atoms with van der Waals surface area (Å²) in [4.78, 5) is 25.9. The second-order valence-electron chi connectivity index (χ2n) is 2.76. The van der Waals surface area contributed by atoms with Crippen molar-refractivity contribution in [3.05, 3.63) is 23.9 Å². The smallest absolute Gasteiger partial charge is 0.340 e. The fourth-order valence-corrected chi connectivity index (χ4v) is 1.70. The highest BCUT2D eigenvalue weighted by Crippen LogP contribution is 2.20. The van der Waals surface area contributed by atoms with E-state index >= 15 is 0 Å². The molecule has 1 heterocycles. The molecule has 0 atom stereocenters. The van der Waals surface area contributed by atoms with E-state index in [4.69, 9.17) is 9.84 Å². The maximum absolute atomic E-state index is 11.5. The number of hydrogen-bond donors (Lipinski definition) is 1. The minimum atomic E-state index is -0.953. The number of carboxylic acid groups (broad SMARTS) is 1.